The van der Waals surface area contributed by atoms with Gasteiger partial charge in [-0.15, -0.1) is 0 Å². The molecule has 0 saturated heterocycles. The molecule has 18 heavy (non-hydrogen) atoms. The summed E-state index contributed by atoms with van der Waals surface area (Å²) in [4.78, 5) is 19.3. The SMILES string of the molecule is Cc1cc(NCC2CCCCC2C(=O)O)ncn1. The van der Waals surface area contributed by atoms with E-state index in [-0.39, 0.29) is 11.8 Å². The van der Waals surface area contributed by atoms with Crippen molar-refractivity contribution in [2.45, 2.75) is 32.6 Å². The molecule has 1 saturated carbocycles. The number of anilines is 1. The molecule has 2 rings (SSSR count). The number of hydrogen-bond acceptors (Lipinski definition) is 4. The molecule has 2 atom stereocenters. The highest BCUT2D eigenvalue weighted by Gasteiger charge is 2.30. The van der Waals surface area contributed by atoms with Crippen molar-refractivity contribution in [3.8, 4) is 0 Å². The van der Waals surface area contributed by atoms with Crippen LogP contribution in [-0.4, -0.2) is 27.6 Å². The van der Waals surface area contributed by atoms with Crippen LogP contribution in [0.5, 0.6) is 0 Å². The minimum absolute atomic E-state index is 0.200. The van der Waals surface area contributed by atoms with Crippen LogP contribution in [0.15, 0.2) is 12.4 Å². The Hall–Kier alpha value is -1.65. The first-order chi connectivity index (χ1) is 8.66. The Labute approximate surface area is 107 Å². The average molecular weight is 249 g/mol. The maximum absolute atomic E-state index is 11.2. The summed E-state index contributed by atoms with van der Waals surface area (Å²) in [6, 6.07) is 1.87. The number of aromatic nitrogens is 2. The van der Waals surface area contributed by atoms with E-state index in [1.54, 1.807) is 0 Å². The van der Waals surface area contributed by atoms with Gasteiger partial charge in [0.2, 0.25) is 0 Å². The summed E-state index contributed by atoms with van der Waals surface area (Å²) in [6.45, 7) is 2.58. The number of carbonyl (C=O) groups is 1. The van der Waals surface area contributed by atoms with Gasteiger partial charge in [-0.25, -0.2) is 9.97 Å². The fourth-order valence-corrected chi connectivity index (χ4v) is 2.56. The third kappa shape index (κ3) is 3.18. The fourth-order valence-electron chi connectivity index (χ4n) is 2.56. The van der Waals surface area contributed by atoms with Crippen LogP contribution in [0.4, 0.5) is 5.82 Å². The highest BCUT2D eigenvalue weighted by Crippen LogP contribution is 2.30. The Balaban J connectivity index is 1.93. The fraction of sp³-hybridized carbons (Fsp3) is 0.615. The van der Waals surface area contributed by atoms with Gasteiger partial charge in [0.1, 0.15) is 12.1 Å². The Morgan fingerprint density at radius 1 is 1.44 bits per heavy atom. The van der Waals surface area contributed by atoms with E-state index in [4.69, 9.17) is 0 Å². The average Bonchev–Trinajstić information content (AvgIpc) is 2.37. The minimum atomic E-state index is -0.666. The Bertz CT molecular complexity index is 422. The molecule has 0 aliphatic heterocycles. The van der Waals surface area contributed by atoms with Gasteiger partial charge >= 0.3 is 5.97 Å². The van der Waals surface area contributed by atoms with Crippen molar-refractivity contribution in [2.75, 3.05) is 11.9 Å². The quantitative estimate of drug-likeness (QED) is 0.854. The number of nitrogens with one attached hydrogen (secondary N) is 1. The highest BCUT2D eigenvalue weighted by atomic mass is 16.4. The monoisotopic (exact) mass is 249 g/mol. The van der Waals surface area contributed by atoms with Gasteiger partial charge in [0.15, 0.2) is 0 Å². The summed E-state index contributed by atoms with van der Waals surface area (Å²) in [5.74, 6) is 0.0956. The topological polar surface area (TPSA) is 75.1 Å². The van der Waals surface area contributed by atoms with E-state index in [0.29, 0.717) is 6.54 Å². The highest BCUT2D eigenvalue weighted by molar-refractivity contribution is 5.70. The number of nitrogens with zero attached hydrogens (tertiary/aromatic N) is 2. The normalized spacial score (nSPS) is 23.6. The van der Waals surface area contributed by atoms with Gasteiger partial charge in [-0.2, -0.15) is 0 Å². The van der Waals surface area contributed by atoms with Crippen LogP contribution in [0.25, 0.3) is 0 Å². The molecule has 1 aliphatic carbocycles. The van der Waals surface area contributed by atoms with Crippen molar-refractivity contribution in [2.24, 2.45) is 11.8 Å². The van der Waals surface area contributed by atoms with Crippen molar-refractivity contribution in [1.82, 2.24) is 9.97 Å². The molecular weight excluding hydrogens is 230 g/mol. The van der Waals surface area contributed by atoms with E-state index in [1.807, 2.05) is 13.0 Å². The number of rotatable bonds is 4. The molecule has 0 radical (unpaired) electrons. The van der Waals surface area contributed by atoms with Gasteiger partial charge < -0.3 is 10.4 Å². The molecule has 0 amide bonds. The van der Waals surface area contributed by atoms with Crippen LogP contribution >= 0.6 is 0 Å². The third-order valence-electron chi connectivity index (χ3n) is 3.58. The van der Waals surface area contributed by atoms with Crippen molar-refractivity contribution < 1.29 is 9.90 Å². The van der Waals surface area contributed by atoms with Gasteiger partial charge in [0.05, 0.1) is 5.92 Å². The maximum atomic E-state index is 11.2. The van der Waals surface area contributed by atoms with Crippen molar-refractivity contribution in [3.63, 3.8) is 0 Å². The lowest BCUT2D eigenvalue weighted by atomic mass is 9.79. The molecular formula is C13H19N3O2. The Morgan fingerprint density at radius 2 is 2.22 bits per heavy atom. The molecule has 2 N–H and O–H groups in total. The summed E-state index contributed by atoms with van der Waals surface area (Å²) >= 11 is 0. The van der Waals surface area contributed by atoms with Crippen LogP contribution in [0.3, 0.4) is 0 Å². The standard InChI is InChI=1S/C13H19N3O2/c1-9-6-12(16-8-15-9)14-7-10-4-2-3-5-11(10)13(17)18/h6,8,10-11H,2-5,7H2,1H3,(H,17,18)(H,14,15,16). The number of hydrogen-bond donors (Lipinski definition) is 2. The molecule has 1 fully saturated rings. The lowest BCUT2D eigenvalue weighted by molar-refractivity contribution is -0.144. The molecule has 1 aromatic heterocycles. The van der Waals surface area contributed by atoms with Crippen molar-refractivity contribution in [3.05, 3.63) is 18.1 Å². The number of aryl methyl sites for hydroxylation is 1. The molecule has 2 unspecified atom stereocenters. The zero-order chi connectivity index (χ0) is 13.0. The number of carboxylic acids is 1. The molecule has 5 heteroatoms. The molecule has 1 aromatic rings. The van der Waals surface area contributed by atoms with Crippen molar-refractivity contribution in [1.29, 1.82) is 0 Å². The first-order valence-corrected chi connectivity index (χ1v) is 6.42. The minimum Gasteiger partial charge on any atom is -0.481 e. The summed E-state index contributed by atoms with van der Waals surface area (Å²) in [7, 11) is 0. The smallest absolute Gasteiger partial charge is 0.306 e. The van der Waals surface area contributed by atoms with Crippen LogP contribution in [-0.2, 0) is 4.79 Å². The molecule has 0 bridgehead atoms. The van der Waals surface area contributed by atoms with Crippen LogP contribution in [0, 0.1) is 18.8 Å². The maximum Gasteiger partial charge on any atom is 0.306 e. The molecule has 0 aromatic carbocycles. The number of carboxylic acid groups (broad SMARTS) is 1. The molecule has 0 spiro atoms. The largest absolute Gasteiger partial charge is 0.481 e. The predicted octanol–water partition coefficient (Wildman–Crippen LogP) is 2.09. The molecule has 1 aliphatic rings. The number of aliphatic carboxylic acids is 1. The van der Waals surface area contributed by atoms with Gasteiger partial charge in [0, 0.05) is 18.3 Å². The molecule has 5 nitrogen and oxygen atoms in total. The zero-order valence-electron chi connectivity index (χ0n) is 10.6. The zero-order valence-corrected chi connectivity index (χ0v) is 10.6. The molecule has 1 heterocycles. The second kappa shape index (κ2) is 5.80. The van der Waals surface area contributed by atoms with Crippen molar-refractivity contribution >= 4 is 11.8 Å². The lowest BCUT2D eigenvalue weighted by Gasteiger charge is -2.28. The first-order valence-electron chi connectivity index (χ1n) is 6.42. The first kappa shape index (κ1) is 12.8. The van der Waals surface area contributed by atoms with Gasteiger partial charge in [-0.3, -0.25) is 4.79 Å². The lowest BCUT2D eigenvalue weighted by Crippen LogP contribution is -2.31. The molecule has 98 valence electrons. The van der Waals surface area contributed by atoms with Crippen LogP contribution in [0.1, 0.15) is 31.4 Å². The third-order valence-corrected chi connectivity index (χ3v) is 3.58. The summed E-state index contributed by atoms with van der Waals surface area (Å²) < 4.78 is 0. The second-order valence-corrected chi connectivity index (χ2v) is 4.91. The van der Waals surface area contributed by atoms with Gasteiger partial charge in [0.25, 0.3) is 0 Å². The second-order valence-electron chi connectivity index (χ2n) is 4.91. The summed E-state index contributed by atoms with van der Waals surface area (Å²) in [5, 5.41) is 12.4. The Kier molecular flexibility index (Phi) is 4.12. The van der Waals surface area contributed by atoms with E-state index in [2.05, 4.69) is 15.3 Å². The summed E-state index contributed by atoms with van der Waals surface area (Å²) in [5.41, 5.74) is 0.908. The van der Waals surface area contributed by atoms with E-state index in [0.717, 1.165) is 37.2 Å². The predicted molar refractivity (Wildman–Crippen MR) is 68.3 cm³/mol. The Morgan fingerprint density at radius 3 is 2.94 bits per heavy atom. The van der Waals surface area contributed by atoms with E-state index >= 15 is 0 Å². The van der Waals surface area contributed by atoms with Gasteiger partial charge in [-0.05, 0) is 25.7 Å². The van der Waals surface area contributed by atoms with Crippen LogP contribution < -0.4 is 5.32 Å². The van der Waals surface area contributed by atoms with E-state index < -0.39 is 5.97 Å². The summed E-state index contributed by atoms with van der Waals surface area (Å²) in [6.07, 6.45) is 5.45. The van der Waals surface area contributed by atoms with Gasteiger partial charge in [-0.1, -0.05) is 12.8 Å². The van der Waals surface area contributed by atoms with E-state index in [9.17, 15) is 9.90 Å². The van der Waals surface area contributed by atoms with E-state index in [1.165, 1.54) is 6.33 Å². The van der Waals surface area contributed by atoms with Crippen LogP contribution in [0.2, 0.25) is 0 Å².